The lowest BCUT2D eigenvalue weighted by Gasteiger charge is -2.27. The number of rotatable bonds is 3. The molecule has 1 atom stereocenters. The van der Waals surface area contributed by atoms with Gasteiger partial charge in [-0.1, -0.05) is 27.7 Å². The van der Waals surface area contributed by atoms with Crippen molar-refractivity contribution < 1.29 is 9.59 Å². The molecule has 1 aromatic carbocycles. The van der Waals surface area contributed by atoms with Crippen molar-refractivity contribution in [3.05, 3.63) is 28.7 Å². The van der Waals surface area contributed by atoms with Gasteiger partial charge in [0.15, 0.2) is 5.17 Å². The molecular weight excluding hydrogens is 378 g/mol. The lowest BCUT2D eigenvalue weighted by molar-refractivity contribution is -0.121. The maximum atomic E-state index is 12.1. The molecule has 5 nitrogen and oxygen atoms in total. The molecule has 0 aliphatic carbocycles. The molecule has 0 bridgehead atoms. The third kappa shape index (κ3) is 4.35. The van der Waals surface area contributed by atoms with Crippen LogP contribution in [-0.2, 0) is 9.59 Å². The Morgan fingerprint density at radius 1 is 1.26 bits per heavy atom. The van der Waals surface area contributed by atoms with Gasteiger partial charge in [0, 0.05) is 29.7 Å². The average Bonchev–Trinajstić information content (AvgIpc) is 2.91. The molecule has 7 heteroatoms. The van der Waals surface area contributed by atoms with Crippen molar-refractivity contribution in [2.24, 2.45) is 4.99 Å². The van der Waals surface area contributed by atoms with Gasteiger partial charge in [-0.05, 0) is 43.5 Å². The van der Waals surface area contributed by atoms with Crippen LogP contribution in [0.4, 0.5) is 5.69 Å². The van der Waals surface area contributed by atoms with Crippen molar-refractivity contribution in [2.75, 3.05) is 18.4 Å². The van der Waals surface area contributed by atoms with Crippen LogP contribution in [0.3, 0.4) is 0 Å². The fourth-order valence-corrected chi connectivity index (χ4v) is 4.02. The van der Waals surface area contributed by atoms with E-state index in [9.17, 15) is 9.59 Å². The second kappa shape index (κ2) is 7.49. The Morgan fingerprint density at radius 2 is 1.96 bits per heavy atom. The highest BCUT2D eigenvalue weighted by atomic mass is 79.9. The number of aliphatic imine (C=N–C) groups is 1. The smallest absolute Gasteiger partial charge is 0.262 e. The quantitative estimate of drug-likeness (QED) is 0.852. The van der Waals surface area contributed by atoms with Crippen molar-refractivity contribution in [3.63, 3.8) is 0 Å². The summed E-state index contributed by atoms with van der Waals surface area (Å²) in [5.41, 5.74) is 0.728. The van der Waals surface area contributed by atoms with Crippen LogP contribution < -0.4 is 5.32 Å². The van der Waals surface area contributed by atoms with E-state index in [1.807, 2.05) is 24.3 Å². The second-order valence-electron chi connectivity index (χ2n) is 5.65. The molecule has 0 spiro atoms. The minimum Gasteiger partial charge on any atom is -0.351 e. The van der Waals surface area contributed by atoms with Gasteiger partial charge in [0.1, 0.15) is 5.25 Å². The van der Waals surface area contributed by atoms with Gasteiger partial charge >= 0.3 is 0 Å². The molecule has 2 heterocycles. The van der Waals surface area contributed by atoms with Crippen LogP contribution in [0.2, 0.25) is 0 Å². The summed E-state index contributed by atoms with van der Waals surface area (Å²) in [4.78, 5) is 30.5. The summed E-state index contributed by atoms with van der Waals surface area (Å²) >= 11 is 4.78. The molecule has 1 saturated heterocycles. The number of anilines is 1. The van der Waals surface area contributed by atoms with Gasteiger partial charge in [-0.2, -0.15) is 4.99 Å². The zero-order valence-corrected chi connectivity index (χ0v) is 15.0. The van der Waals surface area contributed by atoms with Crippen LogP contribution in [-0.4, -0.2) is 40.2 Å². The normalized spacial score (nSPS) is 21.3. The van der Waals surface area contributed by atoms with Crippen LogP contribution >= 0.6 is 27.7 Å². The van der Waals surface area contributed by atoms with Crippen LogP contribution in [0.25, 0.3) is 0 Å². The minimum atomic E-state index is -0.401. The number of halogens is 1. The Hall–Kier alpha value is -1.34. The first-order valence-electron chi connectivity index (χ1n) is 7.71. The molecule has 1 fully saturated rings. The molecule has 1 aromatic rings. The number of likely N-dealkylation sites (tertiary alicyclic amines) is 1. The zero-order chi connectivity index (χ0) is 16.2. The van der Waals surface area contributed by atoms with Crippen molar-refractivity contribution in [2.45, 2.75) is 30.9 Å². The third-order valence-corrected chi connectivity index (χ3v) is 5.60. The van der Waals surface area contributed by atoms with Crippen LogP contribution in [0.1, 0.15) is 25.7 Å². The average molecular weight is 396 g/mol. The number of hydrogen-bond donors (Lipinski definition) is 1. The van der Waals surface area contributed by atoms with Gasteiger partial charge in [0.25, 0.3) is 5.91 Å². The lowest BCUT2D eigenvalue weighted by Crippen LogP contribution is -2.33. The summed E-state index contributed by atoms with van der Waals surface area (Å²) in [7, 11) is 0. The van der Waals surface area contributed by atoms with Gasteiger partial charge in [-0.15, -0.1) is 0 Å². The Balaban J connectivity index is 1.53. The summed E-state index contributed by atoms with van der Waals surface area (Å²) in [6, 6.07) is 7.37. The van der Waals surface area contributed by atoms with Gasteiger partial charge in [0.2, 0.25) is 5.91 Å². The largest absolute Gasteiger partial charge is 0.351 e. The van der Waals surface area contributed by atoms with Crippen molar-refractivity contribution in [1.82, 2.24) is 4.90 Å². The minimum absolute atomic E-state index is 0.153. The molecule has 2 amide bonds. The first-order chi connectivity index (χ1) is 11.1. The van der Waals surface area contributed by atoms with Gasteiger partial charge in [-0.3, -0.25) is 9.59 Å². The van der Waals surface area contributed by atoms with Gasteiger partial charge in [0.05, 0.1) is 0 Å². The first-order valence-corrected chi connectivity index (χ1v) is 9.38. The number of amides is 2. The number of benzene rings is 1. The summed E-state index contributed by atoms with van der Waals surface area (Å²) in [5, 5.41) is 3.21. The molecule has 23 heavy (non-hydrogen) atoms. The monoisotopic (exact) mass is 395 g/mol. The number of thioether (sulfide) groups is 1. The van der Waals surface area contributed by atoms with E-state index in [1.165, 1.54) is 18.2 Å². The summed E-state index contributed by atoms with van der Waals surface area (Å²) in [6.07, 6.45) is 3.67. The van der Waals surface area contributed by atoms with Crippen molar-refractivity contribution in [1.29, 1.82) is 0 Å². The number of amidine groups is 1. The second-order valence-corrected chi connectivity index (χ2v) is 7.73. The number of nitrogens with zero attached hydrogens (tertiary/aromatic N) is 2. The van der Waals surface area contributed by atoms with Crippen molar-refractivity contribution >= 4 is 50.4 Å². The number of hydrogen-bond acceptors (Lipinski definition) is 4. The van der Waals surface area contributed by atoms with E-state index >= 15 is 0 Å². The van der Waals surface area contributed by atoms with Crippen molar-refractivity contribution in [3.8, 4) is 0 Å². The molecule has 122 valence electrons. The van der Waals surface area contributed by atoms with E-state index in [-0.39, 0.29) is 18.2 Å². The molecule has 0 radical (unpaired) electrons. The van der Waals surface area contributed by atoms with E-state index in [0.717, 1.165) is 41.3 Å². The number of carbonyl (C=O) groups excluding carboxylic acids is 2. The molecule has 3 rings (SSSR count). The topological polar surface area (TPSA) is 61.8 Å². The van der Waals surface area contributed by atoms with E-state index in [1.54, 1.807) is 0 Å². The van der Waals surface area contributed by atoms with Crippen LogP contribution in [0, 0.1) is 0 Å². The number of piperidine rings is 1. The van der Waals surface area contributed by atoms with E-state index in [2.05, 4.69) is 31.1 Å². The number of carbonyl (C=O) groups is 2. The maximum absolute atomic E-state index is 12.1. The molecule has 1 N–H and O–H groups in total. The highest BCUT2D eigenvalue weighted by Gasteiger charge is 2.33. The summed E-state index contributed by atoms with van der Waals surface area (Å²) < 4.78 is 0.955. The summed E-state index contributed by atoms with van der Waals surface area (Å²) in [6.45, 7) is 1.91. The predicted molar refractivity (Wildman–Crippen MR) is 96.6 cm³/mol. The Labute approximate surface area is 148 Å². The molecular formula is C16H18BrN3O2S. The highest BCUT2D eigenvalue weighted by Crippen LogP contribution is 2.29. The SMILES string of the molecule is O=C(C[C@H]1SC(N2CCCCC2)=NC1=O)Nc1ccc(Br)cc1. The Kier molecular flexibility index (Phi) is 5.38. The summed E-state index contributed by atoms with van der Waals surface area (Å²) in [5.74, 6) is -0.352. The lowest BCUT2D eigenvalue weighted by atomic mass is 10.1. The predicted octanol–water partition coefficient (Wildman–Crippen LogP) is 3.26. The third-order valence-electron chi connectivity index (χ3n) is 3.85. The Bertz CT molecular complexity index is 627. The van der Waals surface area contributed by atoms with E-state index < -0.39 is 5.25 Å². The van der Waals surface area contributed by atoms with E-state index in [0.29, 0.717) is 0 Å². The fourth-order valence-electron chi connectivity index (χ4n) is 2.64. The van der Waals surface area contributed by atoms with Crippen LogP contribution in [0.5, 0.6) is 0 Å². The maximum Gasteiger partial charge on any atom is 0.262 e. The molecule has 2 aliphatic rings. The molecule has 2 aliphatic heterocycles. The van der Waals surface area contributed by atoms with Gasteiger partial charge < -0.3 is 10.2 Å². The molecule has 0 aromatic heterocycles. The zero-order valence-electron chi connectivity index (χ0n) is 12.6. The molecule has 0 unspecified atom stereocenters. The Morgan fingerprint density at radius 3 is 2.65 bits per heavy atom. The van der Waals surface area contributed by atoms with Gasteiger partial charge in [-0.25, -0.2) is 0 Å². The fraction of sp³-hybridized carbons (Fsp3) is 0.438. The number of nitrogens with one attached hydrogen (secondary N) is 1. The van der Waals surface area contributed by atoms with E-state index in [4.69, 9.17) is 0 Å². The highest BCUT2D eigenvalue weighted by molar-refractivity contribution is 9.10. The standard InChI is InChI=1S/C16H18BrN3O2S/c17-11-4-6-12(7-5-11)18-14(21)10-13-15(22)19-16(23-13)20-8-2-1-3-9-20/h4-7,13H,1-3,8-10H2,(H,18,21)/t13-/m1/s1. The first kappa shape index (κ1) is 16.5. The molecule has 0 saturated carbocycles. The van der Waals surface area contributed by atoms with Crippen LogP contribution in [0.15, 0.2) is 33.7 Å².